The van der Waals surface area contributed by atoms with E-state index in [1.165, 1.54) is 0 Å². The predicted octanol–water partition coefficient (Wildman–Crippen LogP) is 4.48. The lowest BCUT2D eigenvalue weighted by atomic mass is 9.96. The molecule has 0 aromatic heterocycles. The fraction of sp³-hybridized carbons (Fsp3) is 0.278. The summed E-state index contributed by atoms with van der Waals surface area (Å²) in [5.41, 5.74) is 0.818. The van der Waals surface area contributed by atoms with Gasteiger partial charge in [0.05, 0.1) is 11.6 Å². The zero-order chi connectivity index (χ0) is 16.1. The van der Waals surface area contributed by atoms with Crippen molar-refractivity contribution in [3.05, 3.63) is 71.3 Å². The molecule has 22 heavy (non-hydrogen) atoms. The van der Waals surface area contributed by atoms with Crippen LogP contribution in [0.15, 0.2) is 48.5 Å². The maximum absolute atomic E-state index is 13.7. The fourth-order valence-corrected chi connectivity index (χ4v) is 2.34. The van der Waals surface area contributed by atoms with Gasteiger partial charge in [-0.05, 0) is 30.0 Å². The summed E-state index contributed by atoms with van der Waals surface area (Å²) < 4.78 is 26.7. The van der Waals surface area contributed by atoms with E-state index in [0.717, 1.165) is 30.2 Å². The fourth-order valence-electron chi connectivity index (χ4n) is 2.34. The summed E-state index contributed by atoms with van der Waals surface area (Å²) in [4.78, 5) is 12.3. The molecule has 116 valence electrons. The largest absolute Gasteiger partial charge is 0.345 e. The van der Waals surface area contributed by atoms with Crippen molar-refractivity contribution in [3.8, 4) is 0 Å². The van der Waals surface area contributed by atoms with Crippen LogP contribution in [0.25, 0.3) is 0 Å². The Kier molecular flexibility index (Phi) is 5.26. The third kappa shape index (κ3) is 4.13. The smallest absolute Gasteiger partial charge is 0.254 e. The number of carbonyl (C=O) groups is 1. The zero-order valence-corrected chi connectivity index (χ0v) is 12.6. The number of hydrogen-bond acceptors (Lipinski definition) is 1. The summed E-state index contributed by atoms with van der Waals surface area (Å²) in [6.07, 6.45) is 0.735. The lowest BCUT2D eigenvalue weighted by Gasteiger charge is -2.21. The van der Waals surface area contributed by atoms with Gasteiger partial charge in [0.1, 0.15) is 11.6 Å². The minimum absolute atomic E-state index is 0.147. The molecule has 4 heteroatoms. The molecule has 2 rings (SSSR count). The lowest BCUT2D eigenvalue weighted by Crippen LogP contribution is -2.30. The number of hydrogen-bond donors (Lipinski definition) is 1. The molecule has 0 fully saturated rings. The average molecular weight is 303 g/mol. The Bertz CT molecular complexity index is 641. The highest BCUT2D eigenvalue weighted by molar-refractivity contribution is 5.94. The third-order valence-corrected chi connectivity index (χ3v) is 3.39. The predicted molar refractivity (Wildman–Crippen MR) is 82.5 cm³/mol. The normalized spacial score (nSPS) is 12.2. The van der Waals surface area contributed by atoms with Crippen LogP contribution in [0, 0.1) is 17.6 Å². The Balaban J connectivity index is 2.21. The molecule has 1 N–H and O–H groups in total. The number of amides is 1. The first-order valence-electron chi connectivity index (χ1n) is 7.28. The Morgan fingerprint density at radius 2 is 1.77 bits per heavy atom. The SMILES string of the molecule is CC(C)C[C@@H](NC(=O)c1ccc(F)cc1F)c1ccccc1. The van der Waals surface area contributed by atoms with Crippen molar-refractivity contribution in [1.29, 1.82) is 0 Å². The molecule has 2 aromatic rings. The van der Waals surface area contributed by atoms with Crippen LogP contribution < -0.4 is 5.32 Å². The molecule has 1 amide bonds. The summed E-state index contributed by atoms with van der Waals surface area (Å²) in [5, 5.41) is 2.84. The van der Waals surface area contributed by atoms with Gasteiger partial charge in [-0.3, -0.25) is 4.79 Å². The van der Waals surface area contributed by atoms with Crippen molar-refractivity contribution in [3.63, 3.8) is 0 Å². The molecule has 1 atom stereocenters. The van der Waals surface area contributed by atoms with Gasteiger partial charge in [0.15, 0.2) is 0 Å². The summed E-state index contributed by atoms with van der Waals surface area (Å²) in [6, 6.07) is 12.3. The van der Waals surface area contributed by atoms with E-state index in [0.29, 0.717) is 5.92 Å². The molecule has 0 aliphatic rings. The molecule has 2 nitrogen and oxygen atoms in total. The molecular weight excluding hydrogens is 284 g/mol. The van der Waals surface area contributed by atoms with E-state index in [-0.39, 0.29) is 11.6 Å². The van der Waals surface area contributed by atoms with Gasteiger partial charge in [-0.15, -0.1) is 0 Å². The first-order valence-corrected chi connectivity index (χ1v) is 7.28. The zero-order valence-electron chi connectivity index (χ0n) is 12.6. The van der Waals surface area contributed by atoms with Gasteiger partial charge in [0.25, 0.3) is 5.91 Å². The highest BCUT2D eigenvalue weighted by Gasteiger charge is 2.19. The first kappa shape index (κ1) is 16.1. The molecule has 0 spiro atoms. The minimum Gasteiger partial charge on any atom is -0.345 e. The van der Waals surface area contributed by atoms with E-state index in [4.69, 9.17) is 0 Å². The van der Waals surface area contributed by atoms with Crippen LogP contribution in [0.1, 0.15) is 42.2 Å². The number of nitrogens with one attached hydrogen (secondary N) is 1. The Morgan fingerprint density at radius 3 is 2.36 bits per heavy atom. The van der Waals surface area contributed by atoms with Gasteiger partial charge in [-0.25, -0.2) is 8.78 Å². The molecule has 0 saturated carbocycles. The molecule has 0 radical (unpaired) electrons. The van der Waals surface area contributed by atoms with E-state index >= 15 is 0 Å². The Labute approximate surface area is 129 Å². The van der Waals surface area contributed by atoms with Crippen LogP contribution in [0.3, 0.4) is 0 Å². The summed E-state index contributed by atoms with van der Waals surface area (Å²) in [7, 11) is 0. The summed E-state index contributed by atoms with van der Waals surface area (Å²) >= 11 is 0. The third-order valence-electron chi connectivity index (χ3n) is 3.39. The van der Waals surface area contributed by atoms with Gasteiger partial charge >= 0.3 is 0 Å². The highest BCUT2D eigenvalue weighted by Crippen LogP contribution is 2.22. The molecule has 2 aromatic carbocycles. The lowest BCUT2D eigenvalue weighted by molar-refractivity contribution is 0.0928. The topological polar surface area (TPSA) is 29.1 Å². The maximum atomic E-state index is 13.7. The number of carbonyl (C=O) groups excluding carboxylic acids is 1. The molecule has 0 aliphatic carbocycles. The highest BCUT2D eigenvalue weighted by atomic mass is 19.1. The van der Waals surface area contributed by atoms with Crippen LogP contribution in [0.2, 0.25) is 0 Å². The molecule has 0 saturated heterocycles. The average Bonchev–Trinajstić information content (AvgIpc) is 2.46. The number of halogens is 2. The van der Waals surface area contributed by atoms with E-state index in [2.05, 4.69) is 19.2 Å². The minimum atomic E-state index is -0.853. The van der Waals surface area contributed by atoms with Crippen molar-refractivity contribution in [2.45, 2.75) is 26.3 Å². The second kappa shape index (κ2) is 7.16. The van der Waals surface area contributed by atoms with Crippen molar-refractivity contribution in [2.24, 2.45) is 5.92 Å². The molecule has 0 unspecified atom stereocenters. The molecule has 0 bridgehead atoms. The summed E-state index contributed by atoms with van der Waals surface area (Å²) in [5.74, 6) is -1.72. The number of rotatable bonds is 5. The van der Waals surface area contributed by atoms with Crippen LogP contribution >= 0.6 is 0 Å². The quantitative estimate of drug-likeness (QED) is 0.867. The van der Waals surface area contributed by atoms with E-state index < -0.39 is 17.5 Å². The van der Waals surface area contributed by atoms with Gasteiger partial charge in [0, 0.05) is 6.07 Å². The Hall–Kier alpha value is -2.23. The van der Waals surface area contributed by atoms with Crippen molar-refractivity contribution in [1.82, 2.24) is 5.32 Å². The summed E-state index contributed by atoms with van der Waals surface area (Å²) in [6.45, 7) is 4.11. The molecule has 0 heterocycles. The van der Waals surface area contributed by atoms with Crippen molar-refractivity contribution in [2.75, 3.05) is 0 Å². The van der Waals surface area contributed by atoms with Gasteiger partial charge in [-0.1, -0.05) is 44.2 Å². The second-order valence-electron chi connectivity index (χ2n) is 5.69. The van der Waals surface area contributed by atoms with Gasteiger partial charge < -0.3 is 5.32 Å². The van der Waals surface area contributed by atoms with Crippen LogP contribution in [0.5, 0.6) is 0 Å². The van der Waals surface area contributed by atoms with E-state index in [9.17, 15) is 13.6 Å². The number of benzene rings is 2. The van der Waals surface area contributed by atoms with Gasteiger partial charge in [0.2, 0.25) is 0 Å². The van der Waals surface area contributed by atoms with Gasteiger partial charge in [-0.2, -0.15) is 0 Å². The first-order chi connectivity index (χ1) is 10.5. The second-order valence-corrected chi connectivity index (χ2v) is 5.69. The maximum Gasteiger partial charge on any atom is 0.254 e. The van der Waals surface area contributed by atoms with E-state index in [1.807, 2.05) is 30.3 Å². The monoisotopic (exact) mass is 303 g/mol. The van der Waals surface area contributed by atoms with Crippen LogP contribution in [0.4, 0.5) is 8.78 Å². The van der Waals surface area contributed by atoms with E-state index in [1.54, 1.807) is 0 Å². The standard InChI is InChI=1S/C18H19F2NO/c1-12(2)10-17(13-6-4-3-5-7-13)21-18(22)15-9-8-14(19)11-16(15)20/h3-9,11-12,17H,10H2,1-2H3,(H,21,22)/t17-/m1/s1. The Morgan fingerprint density at radius 1 is 1.09 bits per heavy atom. The molecule has 0 aliphatic heterocycles. The van der Waals surface area contributed by atoms with Crippen LogP contribution in [-0.4, -0.2) is 5.91 Å². The van der Waals surface area contributed by atoms with Crippen LogP contribution in [-0.2, 0) is 0 Å². The van der Waals surface area contributed by atoms with Crippen molar-refractivity contribution >= 4 is 5.91 Å². The molecular formula is C18H19F2NO. The van der Waals surface area contributed by atoms with Crippen molar-refractivity contribution < 1.29 is 13.6 Å².